The molecule has 0 aliphatic carbocycles. The van der Waals surface area contributed by atoms with Crippen LogP contribution < -0.4 is 0 Å². The number of hydrogen-bond donors (Lipinski definition) is 0. The smallest absolute Gasteiger partial charge is 0.225 e. The van der Waals surface area contributed by atoms with E-state index in [-0.39, 0.29) is 17.7 Å². The maximum atomic E-state index is 12.3. The molecule has 1 aromatic rings. The molecule has 2 amide bonds. The molecule has 5 heteroatoms. The Labute approximate surface area is 137 Å². The molecular formula is C17H23ClN2O2. The van der Waals surface area contributed by atoms with Crippen molar-refractivity contribution >= 4 is 23.4 Å². The number of halogens is 1. The van der Waals surface area contributed by atoms with Crippen molar-refractivity contribution in [2.45, 2.75) is 25.7 Å². The Morgan fingerprint density at radius 3 is 2.55 bits per heavy atom. The van der Waals surface area contributed by atoms with Gasteiger partial charge in [0.05, 0.1) is 0 Å². The molecule has 0 atom stereocenters. The first kappa shape index (κ1) is 16.8. The summed E-state index contributed by atoms with van der Waals surface area (Å²) in [5, 5.41) is 0.702. The van der Waals surface area contributed by atoms with Crippen molar-refractivity contribution in [2.24, 2.45) is 5.92 Å². The van der Waals surface area contributed by atoms with Crippen LogP contribution in [0, 0.1) is 5.92 Å². The molecule has 0 radical (unpaired) electrons. The summed E-state index contributed by atoms with van der Waals surface area (Å²) in [6.07, 6.45) is 2.72. The van der Waals surface area contributed by atoms with E-state index >= 15 is 0 Å². The van der Waals surface area contributed by atoms with Crippen LogP contribution in [0.3, 0.4) is 0 Å². The van der Waals surface area contributed by atoms with Crippen molar-refractivity contribution < 1.29 is 9.59 Å². The van der Waals surface area contributed by atoms with Gasteiger partial charge in [-0.15, -0.1) is 0 Å². The highest BCUT2D eigenvalue weighted by molar-refractivity contribution is 6.30. The summed E-state index contributed by atoms with van der Waals surface area (Å²) < 4.78 is 0. The second-order valence-electron chi connectivity index (χ2n) is 6.02. The lowest BCUT2D eigenvalue weighted by Gasteiger charge is -2.32. The zero-order chi connectivity index (χ0) is 16.1. The maximum absolute atomic E-state index is 12.3. The van der Waals surface area contributed by atoms with Gasteiger partial charge in [-0.05, 0) is 37.0 Å². The Balaban J connectivity index is 1.79. The van der Waals surface area contributed by atoms with Crippen LogP contribution in [-0.2, 0) is 16.0 Å². The van der Waals surface area contributed by atoms with Gasteiger partial charge in [-0.3, -0.25) is 9.59 Å². The summed E-state index contributed by atoms with van der Waals surface area (Å²) in [7, 11) is 3.57. The Bertz CT molecular complexity index is 537. The fraction of sp³-hybridized carbons (Fsp3) is 0.529. The van der Waals surface area contributed by atoms with Gasteiger partial charge in [-0.1, -0.05) is 23.7 Å². The van der Waals surface area contributed by atoms with Crippen molar-refractivity contribution in [2.75, 3.05) is 27.2 Å². The number of aryl methyl sites for hydroxylation is 1. The van der Waals surface area contributed by atoms with Gasteiger partial charge >= 0.3 is 0 Å². The molecule has 1 saturated heterocycles. The zero-order valence-corrected chi connectivity index (χ0v) is 14.0. The lowest BCUT2D eigenvalue weighted by molar-refractivity contribution is -0.139. The molecule has 120 valence electrons. The van der Waals surface area contributed by atoms with Crippen LogP contribution >= 0.6 is 11.6 Å². The normalized spacial score (nSPS) is 15.7. The molecule has 4 nitrogen and oxygen atoms in total. The molecule has 1 aromatic carbocycles. The average Bonchev–Trinajstić information content (AvgIpc) is 2.52. The predicted molar refractivity (Wildman–Crippen MR) is 87.8 cm³/mol. The summed E-state index contributed by atoms with van der Waals surface area (Å²) in [6.45, 7) is 1.36. The summed E-state index contributed by atoms with van der Waals surface area (Å²) in [6, 6.07) is 7.62. The van der Waals surface area contributed by atoms with E-state index in [0.29, 0.717) is 31.0 Å². The van der Waals surface area contributed by atoms with Crippen LogP contribution in [0.5, 0.6) is 0 Å². The standard InChI is InChI=1S/C17H23ClN2O2/c1-19(2)17(22)14-8-10-20(11-9-14)16(21)7-6-13-4-3-5-15(18)12-13/h3-5,12,14H,6-11H2,1-2H3. The van der Waals surface area contributed by atoms with Crippen molar-refractivity contribution in [3.8, 4) is 0 Å². The van der Waals surface area contributed by atoms with E-state index in [0.717, 1.165) is 18.4 Å². The third kappa shape index (κ3) is 4.47. The summed E-state index contributed by atoms with van der Waals surface area (Å²) in [5.74, 6) is 0.397. The first-order valence-corrected chi connectivity index (χ1v) is 8.08. The van der Waals surface area contributed by atoms with Crippen molar-refractivity contribution in [3.63, 3.8) is 0 Å². The van der Waals surface area contributed by atoms with E-state index in [1.165, 1.54) is 0 Å². The second-order valence-corrected chi connectivity index (χ2v) is 6.45. The molecule has 0 aromatic heterocycles. The van der Waals surface area contributed by atoms with Gasteiger partial charge in [0.1, 0.15) is 0 Å². The van der Waals surface area contributed by atoms with Gasteiger partial charge in [-0.25, -0.2) is 0 Å². The third-order valence-corrected chi connectivity index (χ3v) is 4.39. The van der Waals surface area contributed by atoms with Gasteiger partial charge in [-0.2, -0.15) is 0 Å². The molecule has 1 aliphatic heterocycles. The minimum Gasteiger partial charge on any atom is -0.349 e. The molecule has 2 rings (SSSR count). The number of hydrogen-bond acceptors (Lipinski definition) is 2. The van der Waals surface area contributed by atoms with Crippen LogP contribution in [0.4, 0.5) is 0 Å². The lowest BCUT2D eigenvalue weighted by atomic mass is 9.95. The highest BCUT2D eigenvalue weighted by Gasteiger charge is 2.27. The van der Waals surface area contributed by atoms with Gasteiger partial charge < -0.3 is 9.80 Å². The van der Waals surface area contributed by atoms with Crippen molar-refractivity contribution in [1.29, 1.82) is 0 Å². The molecule has 0 unspecified atom stereocenters. The van der Waals surface area contributed by atoms with Gasteiger partial charge in [0.25, 0.3) is 0 Å². The first-order valence-electron chi connectivity index (χ1n) is 7.70. The lowest BCUT2D eigenvalue weighted by Crippen LogP contribution is -2.42. The zero-order valence-electron chi connectivity index (χ0n) is 13.2. The monoisotopic (exact) mass is 322 g/mol. The number of rotatable bonds is 4. The number of likely N-dealkylation sites (tertiary alicyclic amines) is 1. The second kappa shape index (κ2) is 7.63. The topological polar surface area (TPSA) is 40.6 Å². The van der Waals surface area contributed by atoms with Crippen LogP contribution in [0.1, 0.15) is 24.8 Å². The van der Waals surface area contributed by atoms with Crippen LogP contribution in [0.2, 0.25) is 5.02 Å². The number of carbonyl (C=O) groups excluding carboxylic acids is 2. The SMILES string of the molecule is CN(C)C(=O)C1CCN(C(=O)CCc2cccc(Cl)c2)CC1. The van der Waals surface area contributed by atoms with Crippen LogP contribution in [-0.4, -0.2) is 48.8 Å². The van der Waals surface area contributed by atoms with E-state index < -0.39 is 0 Å². The summed E-state index contributed by atoms with van der Waals surface area (Å²) in [5.41, 5.74) is 1.08. The molecule has 1 heterocycles. The minimum atomic E-state index is 0.0620. The molecule has 0 saturated carbocycles. The fourth-order valence-electron chi connectivity index (χ4n) is 2.84. The Morgan fingerprint density at radius 2 is 1.95 bits per heavy atom. The van der Waals surface area contributed by atoms with E-state index in [4.69, 9.17) is 11.6 Å². The largest absolute Gasteiger partial charge is 0.349 e. The molecule has 0 spiro atoms. The summed E-state index contributed by atoms with van der Waals surface area (Å²) >= 11 is 5.95. The van der Waals surface area contributed by atoms with E-state index in [1.54, 1.807) is 19.0 Å². The van der Waals surface area contributed by atoms with E-state index in [1.807, 2.05) is 29.2 Å². The predicted octanol–water partition coefficient (Wildman–Crippen LogP) is 2.60. The number of amides is 2. The molecule has 1 aliphatic rings. The highest BCUT2D eigenvalue weighted by atomic mass is 35.5. The molecule has 0 N–H and O–H groups in total. The van der Waals surface area contributed by atoms with Gasteiger partial charge in [0.15, 0.2) is 0 Å². The Hall–Kier alpha value is -1.55. The maximum Gasteiger partial charge on any atom is 0.225 e. The van der Waals surface area contributed by atoms with Gasteiger partial charge in [0.2, 0.25) is 11.8 Å². The number of piperidine rings is 1. The van der Waals surface area contributed by atoms with Crippen LogP contribution in [0.25, 0.3) is 0 Å². The highest BCUT2D eigenvalue weighted by Crippen LogP contribution is 2.20. The Morgan fingerprint density at radius 1 is 1.27 bits per heavy atom. The van der Waals surface area contributed by atoms with Crippen LogP contribution in [0.15, 0.2) is 24.3 Å². The molecule has 22 heavy (non-hydrogen) atoms. The summed E-state index contributed by atoms with van der Waals surface area (Å²) in [4.78, 5) is 27.7. The van der Waals surface area contributed by atoms with Crippen molar-refractivity contribution in [1.82, 2.24) is 9.80 Å². The first-order chi connectivity index (χ1) is 10.5. The van der Waals surface area contributed by atoms with E-state index in [2.05, 4.69) is 0 Å². The quantitative estimate of drug-likeness (QED) is 0.855. The Kier molecular flexibility index (Phi) is 5.83. The number of carbonyl (C=O) groups is 2. The van der Waals surface area contributed by atoms with Crippen molar-refractivity contribution in [3.05, 3.63) is 34.9 Å². The average molecular weight is 323 g/mol. The van der Waals surface area contributed by atoms with E-state index in [9.17, 15) is 9.59 Å². The molecular weight excluding hydrogens is 300 g/mol. The number of nitrogens with zero attached hydrogens (tertiary/aromatic N) is 2. The molecule has 1 fully saturated rings. The number of benzene rings is 1. The minimum absolute atomic E-state index is 0.0620. The van der Waals surface area contributed by atoms with Gasteiger partial charge in [0, 0.05) is 44.5 Å². The molecule has 0 bridgehead atoms. The fourth-order valence-corrected chi connectivity index (χ4v) is 3.06. The third-order valence-electron chi connectivity index (χ3n) is 4.15.